The van der Waals surface area contributed by atoms with Crippen molar-refractivity contribution in [2.75, 3.05) is 18.1 Å². The number of nitrogens with zero attached hydrogens (tertiary/aromatic N) is 1. The molecule has 4 nitrogen and oxygen atoms in total. The molecule has 0 saturated carbocycles. The maximum absolute atomic E-state index is 11.8. The van der Waals surface area contributed by atoms with E-state index in [1.54, 1.807) is 4.90 Å². The van der Waals surface area contributed by atoms with E-state index in [1.165, 1.54) is 0 Å². The van der Waals surface area contributed by atoms with Crippen LogP contribution in [0.4, 0.5) is 5.69 Å². The summed E-state index contributed by atoms with van der Waals surface area (Å²) in [5, 5.41) is 9.43. The Bertz CT molecular complexity index is 595. The average Bonchev–Trinajstić information content (AvgIpc) is 2.51. The van der Waals surface area contributed by atoms with Crippen molar-refractivity contribution in [1.82, 2.24) is 0 Å². The van der Waals surface area contributed by atoms with Gasteiger partial charge in [0, 0.05) is 12.2 Å². The fourth-order valence-corrected chi connectivity index (χ4v) is 2.29. The van der Waals surface area contributed by atoms with Crippen molar-refractivity contribution in [2.45, 2.75) is 6.29 Å². The van der Waals surface area contributed by atoms with E-state index >= 15 is 0 Å². The Labute approximate surface area is 117 Å². The van der Waals surface area contributed by atoms with E-state index in [2.05, 4.69) is 0 Å². The van der Waals surface area contributed by atoms with Gasteiger partial charge >= 0.3 is 0 Å². The predicted molar refractivity (Wildman–Crippen MR) is 76.2 cm³/mol. The molecule has 1 saturated heterocycles. The summed E-state index contributed by atoms with van der Waals surface area (Å²) >= 11 is 0. The van der Waals surface area contributed by atoms with Crippen LogP contribution in [0.15, 0.2) is 54.6 Å². The third-order valence-electron chi connectivity index (χ3n) is 3.35. The lowest BCUT2D eigenvalue weighted by Crippen LogP contribution is -2.47. The molecular weight excluding hydrogens is 254 g/mol. The fraction of sp³-hybridized carbons (Fsp3) is 0.188. The highest BCUT2D eigenvalue weighted by atomic mass is 16.6. The number of carbonyl (C=O) groups excluding carboxylic acids is 1. The molecule has 0 spiro atoms. The number of morpholine rings is 1. The summed E-state index contributed by atoms with van der Waals surface area (Å²) in [6, 6.07) is 17.8. The van der Waals surface area contributed by atoms with Crippen LogP contribution in [-0.2, 0) is 9.53 Å². The molecule has 20 heavy (non-hydrogen) atoms. The van der Waals surface area contributed by atoms with Gasteiger partial charge in [0.05, 0.1) is 6.61 Å². The fourth-order valence-electron chi connectivity index (χ4n) is 2.29. The molecule has 2 aromatic rings. The van der Waals surface area contributed by atoms with Crippen molar-refractivity contribution in [3.63, 3.8) is 0 Å². The molecular formula is C16H15NO3. The molecule has 1 atom stereocenters. The Morgan fingerprint density at radius 1 is 1.00 bits per heavy atom. The predicted octanol–water partition coefficient (Wildman–Crippen LogP) is 2.04. The second-order valence-electron chi connectivity index (χ2n) is 4.63. The SMILES string of the molecule is O=C1C(O)OCCN1c1ccc(-c2ccccc2)cc1. The van der Waals surface area contributed by atoms with Crippen molar-refractivity contribution in [3.8, 4) is 11.1 Å². The smallest absolute Gasteiger partial charge is 0.283 e. The maximum atomic E-state index is 11.8. The van der Waals surface area contributed by atoms with Gasteiger partial charge in [-0.2, -0.15) is 0 Å². The highest BCUT2D eigenvalue weighted by molar-refractivity contribution is 5.96. The number of aliphatic hydroxyl groups excluding tert-OH is 1. The monoisotopic (exact) mass is 269 g/mol. The zero-order chi connectivity index (χ0) is 13.9. The molecule has 3 rings (SSSR count). The molecule has 1 fully saturated rings. The zero-order valence-corrected chi connectivity index (χ0v) is 10.9. The van der Waals surface area contributed by atoms with Crippen LogP contribution in [-0.4, -0.2) is 30.5 Å². The minimum Gasteiger partial charge on any atom is -0.360 e. The second-order valence-corrected chi connectivity index (χ2v) is 4.63. The number of hydrogen-bond donors (Lipinski definition) is 1. The van der Waals surface area contributed by atoms with Gasteiger partial charge < -0.3 is 14.7 Å². The van der Waals surface area contributed by atoms with Gasteiger partial charge in [-0.15, -0.1) is 0 Å². The Balaban J connectivity index is 1.85. The molecule has 0 aliphatic carbocycles. The highest BCUT2D eigenvalue weighted by Gasteiger charge is 2.28. The van der Waals surface area contributed by atoms with Gasteiger partial charge in [-0.05, 0) is 23.3 Å². The summed E-state index contributed by atoms with van der Waals surface area (Å²) in [4.78, 5) is 13.4. The van der Waals surface area contributed by atoms with Gasteiger partial charge in [0.1, 0.15) is 0 Å². The van der Waals surface area contributed by atoms with Crippen LogP contribution in [0.25, 0.3) is 11.1 Å². The van der Waals surface area contributed by atoms with Crippen LogP contribution >= 0.6 is 0 Å². The Kier molecular flexibility index (Phi) is 3.50. The van der Waals surface area contributed by atoms with Crippen molar-refractivity contribution in [3.05, 3.63) is 54.6 Å². The molecule has 1 amide bonds. The first-order valence-electron chi connectivity index (χ1n) is 6.52. The van der Waals surface area contributed by atoms with Crippen molar-refractivity contribution < 1.29 is 14.6 Å². The lowest BCUT2D eigenvalue weighted by Gasteiger charge is -2.29. The first-order valence-corrected chi connectivity index (χ1v) is 6.52. The van der Waals surface area contributed by atoms with E-state index in [-0.39, 0.29) is 0 Å². The van der Waals surface area contributed by atoms with E-state index < -0.39 is 12.2 Å². The minimum atomic E-state index is -1.35. The van der Waals surface area contributed by atoms with E-state index in [0.717, 1.165) is 16.8 Å². The second kappa shape index (κ2) is 5.45. The third kappa shape index (κ3) is 2.43. The number of benzene rings is 2. The number of hydrogen-bond acceptors (Lipinski definition) is 3. The van der Waals surface area contributed by atoms with Crippen LogP contribution in [0.3, 0.4) is 0 Å². The van der Waals surface area contributed by atoms with E-state index in [1.807, 2.05) is 54.6 Å². The Morgan fingerprint density at radius 3 is 2.35 bits per heavy atom. The summed E-state index contributed by atoms with van der Waals surface area (Å²) in [6.07, 6.45) is -1.35. The molecule has 1 unspecified atom stereocenters. The quantitative estimate of drug-likeness (QED) is 0.907. The molecule has 0 bridgehead atoms. The average molecular weight is 269 g/mol. The van der Waals surface area contributed by atoms with Crippen LogP contribution in [0.1, 0.15) is 0 Å². The van der Waals surface area contributed by atoms with Crippen LogP contribution in [0, 0.1) is 0 Å². The van der Waals surface area contributed by atoms with Gasteiger partial charge in [-0.1, -0.05) is 42.5 Å². The van der Waals surface area contributed by atoms with Gasteiger partial charge in [0.15, 0.2) is 0 Å². The van der Waals surface area contributed by atoms with Crippen LogP contribution in [0.2, 0.25) is 0 Å². The molecule has 0 aromatic heterocycles. The zero-order valence-electron chi connectivity index (χ0n) is 10.9. The van der Waals surface area contributed by atoms with Gasteiger partial charge in [-0.25, -0.2) is 0 Å². The van der Waals surface area contributed by atoms with Crippen LogP contribution < -0.4 is 4.90 Å². The number of ether oxygens (including phenoxy) is 1. The van der Waals surface area contributed by atoms with Gasteiger partial charge in [0.2, 0.25) is 6.29 Å². The summed E-state index contributed by atoms with van der Waals surface area (Å²) in [7, 11) is 0. The number of anilines is 1. The minimum absolute atomic E-state index is 0.341. The summed E-state index contributed by atoms with van der Waals surface area (Å²) in [5.74, 6) is -0.413. The number of rotatable bonds is 2. The molecule has 1 aliphatic rings. The Morgan fingerprint density at radius 2 is 1.65 bits per heavy atom. The molecule has 0 radical (unpaired) electrons. The number of carbonyl (C=O) groups is 1. The number of amides is 1. The van der Waals surface area contributed by atoms with Gasteiger partial charge in [-0.3, -0.25) is 4.79 Å². The molecule has 1 aliphatic heterocycles. The first-order chi connectivity index (χ1) is 9.75. The molecule has 2 aromatic carbocycles. The molecule has 102 valence electrons. The molecule has 1 N–H and O–H groups in total. The normalized spacial score (nSPS) is 19.1. The lowest BCUT2D eigenvalue weighted by molar-refractivity contribution is -0.161. The van der Waals surface area contributed by atoms with Gasteiger partial charge in [0.25, 0.3) is 5.91 Å². The van der Waals surface area contributed by atoms with Crippen LogP contribution in [0.5, 0.6) is 0 Å². The van der Waals surface area contributed by atoms with E-state index in [0.29, 0.717) is 13.2 Å². The Hall–Kier alpha value is -2.17. The number of aliphatic hydroxyl groups is 1. The first kappa shape index (κ1) is 12.8. The third-order valence-corrected chi connectivity index (χ3v) is 3.35. The molecule has 4 heteroatoms. The lowest BCUT2D eigenvalue weighted by atomic mass is 10.1. The van der Waals surface area contributed by atoms with E-state index in [4.69, 9.17) is 4.74 Å². The molecule has 1 heterocycles. The summed E-state index contributed by atoms with van der Waals surface area (Å²) in [6.45, 7) is 0.800. The van der Waals surface area contributed by atoms with Crippen molar-refractivity contribution in [1.29, 1.82) is 0 Å². The van der Waals surface area contributed by atoms with Crippen molar-refractivity contribution >= 4 is 11.6 Å². The topological polar surface area (TPSA) is 49.8 Å². The maximum Gasteiger partial charge on any atom is 0.283 e. The highest BCUT2D eigenvalue weighted by Crippen LogP contribution is 2.24. The largest absolute Gasteiger partial charge is 0.360 e. The summed E-state index contributed by atoms with van der Waals surface area (Å²) in [5.41, 5.74) is 3.00. The summed E-state index contributed by atoms with van der Waals surface area (Å²) < 4.78 is 4.90. The van der Waals surface area contributed by atoms with E-state index in [9.17, 15) is 9.90 Å². The van der Waals surface area contributed by atoms with Crippen molar-refractivity contribution in [2.24, 2.45) is 0 Å². The standard InChI is InChI=1S/C16H15NO3/c18-15-16(19)20-11-10-17(15)14-8-6-13(7-9-14)12-4-2-1-3-5-12/h1-9,16,19H,10-11H2.